The van der Waals surface area contributed by atoms with E-state index in [2.05, 4.69) is 9.98 Å². The number of likely N-dealkylation sites (N-methyl/N-ethyl adjacent to an activating group) is 1. The average molecular weight is 372 g/mol. The summed E-state index contributed by atoms with van der Waals surface area (Å²) in [6.07, 6.45) is 1.90. The summed E-state index contributed by atoms with van der Waals surface area (Å²) in [5.74, 6) is -0.702. The van der Waals surface area contributed by atoms with Crippen LogP contribution in [0.2, 0.25) is 5.02 Å². The van der Waals surface area contributed by atoms with Gasteiger partial charge in [-0.15, -0.1) is 0 Å². The zero-order valence-corrected chi connectivity index (χ0v) is 14.9. The Kier molecular flexibility index (Phi) is 4.98. The highest BCUT2D eigenvalue weighted by Crippen LogP contribution is 2.39. The lowest BCUT2D eigenvalue weighted by Gasteiger charge is -2.21. The number of carbonyl (C=O) groups excluding carboxylic acids is 2. The van der Waals surface area contributed by atoms with Gasteiger partial charge in [0.1, 0.15) is 11.9 Å². The summed E-state index contributed by atoms with van der Waals surface area (Å²) in [6.45, 7) is 1.83. The minimum atomic E-state index is -0.670. The molecule has 132 valence electrons. The van der Waals surface area contributed by atoms with E-state index in [9.17, 15) is 14.0 Å². The van der Waals surface area contributed by atoms with Crippen molar-refractivity contribution in [1.29, 1.82) is 0 Å². The van der Waals surface area contributed by atoms with Crippen molar-refractivity contribution in [2.45, 2.75) is 19.4 Å². The van der Waals surface area contributed by atoms with E-state index in [1.54, 1.807) is 31.3 Å². The number of carbonyl (C=O) groups is 1. The van der Waals surface area contributed by atoms with Crippen LogP contribution in [0.1, 0.15) is 24.5 Å². The van der Waals surface area contributed by atoms with Gasteiger partial charge < -0.3 is 4.90 Å². The van der Waals surface area contributed by atoms with E-state index in [0.717, 1.165) is 0 Å². The number of benzene rings is 2. The smallest absolute Gasteiger partial charge is 0.251 e. The van der Waals surface area contributed by atoms with Gasteiger partial charge in [0.15, 0.2) is 0 Å². The van der Waals surface area contributed by atoms with Gasteiger partial charge in [-0.2, -0.15) is 4.99 Å². The summed E-state index contributed by atoms with van der Waals surface area (Å²) in [5.41, 5.74) is 1.50. The van der Waals surface area contributed by atoms with E-state index in [1.807, 2.05) is 6.92 Å². The molecule has 2 aromatic rings. The van der Waals surface area contributed by atoms with Crippen LogP contribution in [0.4, 0.5) is 15.8 Å². The highest BCUT2D eigenvalue weighted by atomic mass is 35.5. The van der Waals surface area contributed by atoms with Gasteiger partial charge in [-0.1, -0.05) is 30.7 Å². The molecule has 0 saturated carbocycles. The van der Waals surface area contributed by atoms with Crippen LogP contribution in [0, 0.1) is 5.82 Å². The number of fused-ring (bicyclic) bond motifs is 1. The van der Waals surface area contributed by atoms with E-state index < -0.39 is 11.9 Å². The summed E-state index contributed by atoms with van der Waals surface area (Å²) in [7, 11) is 1.61. The van der Waals surface area contributed by atoms with E-state index in [1.165, 1.54) is 23.1 Å². The van der Waals surface area contributed by atoms with Crippen LogP contribution in [0.5, 0.6) is 0 Å². The van der Waals surface area contributed by atoms with Crippen LogP contribution in [-0.4, -0.2) is 30.8 Å². The number of hydrogen-bond acceptors (Lipinski definition) is 4. The van der Waals surface area contributed by atoms with Crippen LogP contribution in [0.3, 0.4) is 0 Å². The molecule has 7 heteroatoms. The lowest BCUT2D eigenvalue weighted by molar-refractivity contribution is -0.119. The topological polar surface area (TPSA) is 62.1 Å². The maximum absolute atomic E-state index is 14.5. The van der Waals surface area contributed by atoms with Crippen molar-refractivity contribution in [3.63, 3.8) is 0 Å². The molecule has 0 spiro atoms. The molecule has 0 bridgehead atoms. The van der Waals surface area contributed by atoms with Crippen molar-refractivity contribution in [2.24, 2.45) is 9.98 Å². The molecule has 5 nitrogen and oxygen atoms in total. The molecule has 0 N–H and O–H groups in total. The number of isocyanates is 1. The minimum Gasteiger partial charge on any atom is -0.313 e. The molecule has 1 unspecified atom stereocenters. The summed E-state index contributed by atoms with van der Waals surface area (Å²) in [5, 5.41) is 0.115. The molecule has 3 rings (SSSR count). The van der Waals surface area contributed by atoms with Gasteiger partial charge in [-0.25, -0.2) is 9.18 Å². The number of nitrogens with zero attached hydrogens (tertiary/aromatic N) is 3. The largest absolute Gasteiger partial charge is 0.313 e. The number of rotatable bonds is 3. The van der Waals surface area contributed by atoms with Gasteiger partial charge in [0.05, 0.1) is 22.1 Å². The average Bonchev–Trinajstić information content (AvgIpc) is 2.74. The first-order chi connectivity index (χ1) is 12.5. The molecular formula is C19H15ClFN3O2. The van der Waals surface area contributed by atoms with Gasteiger partial charge in [0, 0.05) is 18.2 Å². The first-order valence-electron chi connectivity index (χ1n) is 8.00. The predicted octanol–water partition coefficient (Wildman–Crippen LogP) is 4.04. The zero-order chi connectivity index (χ0) is 18.8. The number of benzodiazepines with no additional fused rings is 1. The lowest BCUT2D eigenvalue weighted by atomic mass is 9.99. The molecule has 1 heterocycles. The number of aliphatic imine (C=N–C) groups is 2. The molecule has 0 saturated heterocycles. The second-order valence-corrected chi connectivity index (χ2v) is 6.15. The maximum atomic E-state index is 14.5. The first-order valence-corrected chi connectivity index (χ1v) is 8.38. The number of hydrogen-bond donors (Lipinski definition) is 0. The first kappa shape index (κ1) is 18.0. The molecule has 1 aliphatic heterocycles. The fourth-order valence-electron chi connectivity index (χ4n) is 2.94. The molecule has 1 aliphatic rings. The van der Waals surface area contributed by atoms with Crippen LogP contribution in [0.15, 0.2) is 46.4 Å². The van der Waals surface area contributed by atoms with Gasteiger partial charge in [0.2, 0.25) is 6.08 Å². The zero-order valence-electron chi connectivity index (χ0n) is 14.2. The lowest BCUT2D eigenvalue weighted by Crippen LogP contribution is -2.34. The quantitative estimate of drug-likeness (QED) is 0.603. The van der Waals surface area contributed by atoms with Gasteiger partial charge in [-0.3, -0.25) is 9.79 Å². The maximum Gasteiger partial charge on any atom is 0.251 e. The van der Waals surface area contributed by atoms with Gasteiger partial charge in [-0.05, 0) is 30.7 Å². The standard InChI is InChI=1S/C19H15ClFN3O2/c1-3-13-19(26)24(2)15-9-8-14(22-10-25)17(20)16(15)18(23-13)11-6-4-5-7-12(11)21/h4-9,13H,3H2,1-2H3. The molecule has 0 aliphatic carbocycles. The summed E-state index contributed by atoms with van der Waals surface area (Å²) in [6, 6.07) is 8.60. The molecule has 0 aromatic heterocycles. The molecule has 1 amide bonds. The Morgan fingerprint density at radius 1 is 1.31 bits per heavy atom. The molecule has 26 heavy (non-hydrogen) atoms. The number of halogens is 2. The highest BCUT2D eigenvalue weighted by Gasteiger charge is 2.32. The Bertz CT molecular complexity index is 967. The summed E-state index contributed by atoms with van der Waals surface area (Å²) < 4.78 is 14.5. The molecular weight excluding hydrogens is 357 g/mol. The van der Waals surface area contributed by atoms with Crippen molar-refractivity contribution < 1.29 is 14.0 Å². The molecule has 1 atom stereocenters. The van der Waals surface area contributed by atoms with Crippen molar-refractivity contribution in [1.82, 2.24) is 0 Å². The second-order valence-electron chi connectivity index (χ2n) is 5.77. The van der Waals surface area contributed by atoms with Crippen molar-refractivity contribution in [2.75, 3.05) is 11.9 Å². The van der Waals surface area contributed by atoms with Crippen LogP contribution in [0.25, 0.3) is 0 Å². The van der Waals surface area contributed by atoms with Crippen molar-refractivity contribution in [3.8, 4) is 0 Å². The molecule has 0 radical (unpaired) electrons. The predicted molar refractivity (Wildman–Crippen MR) is 98.8 cm³/mol. The van der Waals surface area contributed by atoms with E-state index in [-0.39, 0.29) is 27.9 Å². The Balaban J connectivity index is 2.40. The SMILES string of the molecule is CCC1N=C(c2ccccc2F)c2c(ccc(N=C=O)c2Cl)N(C)C1=O. The van der Waals surface area contributed by atoms with E-state index in [0.29, 0.717) is 17.7 Å². The third kappa shape index (κ3) is 2.94. The van der Waals surface area contributed by atoms with Gasteiger partial charge >= 0.3 is 0 Å². The minimum absolute atomic E-state index is 0.115. The second kappa shape index (κ2) is 7.20. The Hall–Kier alpha value is -2.82. The van der Waals surface area contributed by atoms with Gasteiger partial charge in [0.25, 0.3) is 5.91 Å². The van der Waals surface area contributed by atoms with E-state index >= 15 is 0 Å². The van der Waals surface area contributed by atoms with Crippen molar-refractivity contribution >= 4 is 40.7 Å². The fraction of sp³-hybridized carbons (Fsp3) is 0.211. The molecule has 2 aromatic carbocycles. The Morgan fingerprint density at radius 3 is 2.69 bits per heavy atom. The third-order valence-corrected chi connectivity index (χ3v) is 4.66. The molecule has 0 fully saturated rings. The Morgan fingerprint density at radius 2 is 2.04 bits per heavy atom. The number of anilines is 1. The van der Waals surface area contributed by atoms with Crippen LogP contribution in [-0.2, 0) is 9.59 Å². The van der Waals surface area contributed by atoms with E-state index in [4.69, 9.17) is 11.6 Å². The fourth-order valence-corrected chi connectivity index (χ4v) is 3.23. The highest BCUT2D eigenvalue weighted by molar-refractivity contribution is 6.39. The monoisotopic (exact) mass is 371 g/mol. The third-order valence-electron chi connectivity index (χ3n) is 4.28. The summed E-state index contributed by atoms with van der Waals surface area (Å²) in [4.78, 5) is 33.0. The van der Waals surface area contributed by atoms with Crippen LogP contribution >= 0.6 is 11.6 Å². The van der Waals surface area contributed by atoms with Crippen LogP contribution < -0.4 is 4.90 Å². The Labute approximate surface area is 154 Å². The normalized spacial score (nSPS) is 16.5. The van der Waals surface area contributed by atoms with Crippen molar-refractivity contribution in [3.05, 3.63) is 58.4 Å². The summed E-state index contributed by atoms with van der Waals surface area (Å²) >= 11 is 6.47. The number of amides is 1.